The normalized spacial score (nSPS) is 14.3. The van der Waals surface area contributed by atoms with Gasteiger partial charge in [-0.3, -0.25) is 0 Å². The van der Waals surface area contributed by atoms with Gasteiger partial charge in [0.25, 0.3) is 5.89 Å². The van der Waals surface area contributed by atoms with Crippen LogP contribution in [0.1, 0.15) is 26.1 Å². The topological polar surface area (TPSA) is 74.2 Å². The van der Waals surface area contributed by atoms with Crippen molar-refractivity contribution in [2.24, 2.45) is 0 Å². The number of aromatic nitrogens is 2. The van der Waals surface area contributed by atoms with Gasteiger partial charge in [-0.25, -0.2) is 4.39 Å². The van der Waals surface area contributed by atoms with Crippen molar-refractivity contribution in [1.29, 1.82) is 0 Å². The van der Waals surface area contributed by atoms with Gasteiger partial charge in [-0.15, -0.1) is 0 Å². The summed E-state index contributed by atoms with van der Waals surface area (Å²) < 4.78 is 24.2. The minimum absolute atomic E-state index is 0.0940. The number of rotatable bonds is 4. The van der Waals surface area contributed by atoms with Crippen LogP contribution >= 0.6 is 0 Å². The summed E-state index contributed by atoms with van der Waals surface area (Å²) in [6, 6.07) is 4.20. The Balaban J connectivity index is 2.44. The van der Waals surface area contributed by atoms with Crippen LogP contribution in [0.5, 0.6) is 0 Å². The summed E-state index contributed by atoms with van der Waals surface area (Å²) in [5, 5.41) is 3.86. The van der Waals surface area contributed by atoms with Gasteiger partial charge in [0.1, 0.15) is 11.4 Å². The number of benzene rings is 1. The van der Waals surface area contributed by atoms with Crippen molar-refractivity contribution in [2.75, 3.05) is 12.8 Å². The second-order valence-corrected chi connectivity index (χ2v) is 4.45. The zero-order valence-electron chi connectivity index (χ0n) is 11.1. The highest BCUT2D eigenvalue weighted by molar-refractivity contribution is 5.60. The Morgan fingerprint density at radius 1 is 1.47 bits per heavy atom. The number of nitrogens with two attached hydrogens (primary N) is 1. The summed E-state index contributed by atoms with van der Waals surface area (Å²) in [5.74, 6) is 0.0193. The van der Waals surface area contributed by atoms with Crippen molar-refractivity contribution < 1.29 is 13.7 Å². The minimum Gasteiger partial charge on any atom is -0.399 e. The molecule has 1 heterocycles. The first-order valence-corrected chi connectivity index (χ1v) is 5.95. The number of nitrogens with zero attached hydrogens (tertiary/aromatic N) is 2. The summed E-state index contributed by atoms with van der Waals surface area (Å²) in [6.07, 6.45) is 0.669. The van der Waals surface area contributed by atoms with Crippen molar-refractivity contribution >= 4 is 5.69 Å². The molecule has 0 aliphatic rings. The molecule has 2 rings (SSSR count). The van der Waals surface area contributed by atoms with E-state index < -0.39 is 11.4 Å². The smallest absolute Gasteiger partial charge is 0.261 e. The lowest BCUT2D eigenvalue weighted by molar-refractivity contribution is -0.0106. The van der Waals surface area contributed by atoms with E-state index >= 15 is 0 Å². The van der Waals surface area contributed by atoms with E-state index in [9.17, 15) is 4.39 Å². The molecule has 1 atom stereocenters. The zero-order valence-corrected chi connectivity index (χ0v) is 11.1. The number of methoxy groups -OCH3 is 1. The van der Waals surface area contributed by atoms with Crippen molar-refractivity contribution in [3.63, 3.8) is 0 Å². The molecule has 0 spiro atoms. The number of ether oxygens (including phenoxy) is 1. The fraction of sp³-hybridized carbons (Fsp3) is 0.385. The Labute approximate surface area is 110 Å². The molecule has 5 nitrogen and oxygen atoms in total. The highest BCUT2D eigenvalue weighted by Crippen LogP contribution is 2.29. The van der Waals surface area contributed by atoms with Crippen molar-refractivity contribution in [3.8, 4) is 11.5 Å². The monoisotopic (exact) mass is 265 g/mol. The lowest BCUT2D eigenvalue weighted by Crippen LogP contribution is -2.24. The Morgan fingerprint density at radius 2 is 2.21 bits per heavy atom. The average Bonchev–Trinajstić information content (AvgIpc) is 2.90. The van der Waals surface area contributed by atoms with Gasteiger partial charge < -0.3 is 15.0 Å². The molecule has 102 valence electrons. The Morgan fingerprint density at radius 3 is 2.84 bits per heavy atom. The van der Waals surface area contributed by atoms with Crippen LogP contribution in [0.25, 0.3) is 11.5 Å². The predicted octanol–water partition coefficient (Wildman–Crippen LogP) is 2.73. The number of hydrogen-bond acceptors (Lipinski definition) is 5. The van der Waals surface area contributed by atoms with E-state index in [1.54, 1.807) is 7.11 Å². The first-order chi connectivity index (χ1) is 9.00. The SMILES string of the molecule is CCC(C)(OC)c1noc(-c2cc(N)ccc2F)n1. The molecule has 0 saturated heterocycles. The summed E-state index contributed by atoms with van der Waals surface area (Å²) >= 11 is 0. The average molecular weight is 265 g/mol. The maximum Gasteiger partial charge on any atom is 0.261 e. The van der Waals surface area contributed by atoms with Crippen LogP contribution in [0.4, 0.5) is 10.1 Å². The molecule has 19 heavy (non-hydrogen) atoms. The van der Waals surface area contributed by atoms with Crippen LogP contribution in [0.2, 0.25) is 0 Å². The second-order valence-electron chi connectivity index (χ2n) is 4.45. The van der Waals surface area contributed by atoms with E-state index in [4.69, 9.17) is 15.0 Å². The molecule has 1 aromatic heterocycles. The van der Waals surface area contributed by atoms with Crippen LogP contribution in [0.15, 0.2) is 22.7 Å². The first-order valence-electron chi connectivity index (χ1n) is 5.95. The standard InChI is InChI=1S/C13H16FN3O2/c1-4-13(2,18-3)12-16-11(19-17-12)9-7-8(15)5-6-10(9)14/h5-7H,4,15H2,1-3H3. The molecule has 1 unspecified atom stereocenters. The Hall–Kier alpha value is -1.95. The van der Waals surface area contributed by atoms with Gasteiger partial charge in [0.15, 0.2) is 0 Å². The van der Waals surface area contributed by atoms with Crippen molar-refractivity contribution in [2.45, 2.75) is 25.9 Å². The molecule has 0 aliphatic carbocycles. The molecule has 2 aromatic rings. The number of halogens is 1. The van der Waals surface area contributed by atoms with Gasteiger partial charge in [-0.05, 0) is 31.5 Å². The van der Waals surface area contributed by atoms with Crippen molar-refractivity contribution in [1.82, 2.24) is 10.1 Å². The fourth-order valence-corrected chi connectivity index (χ4v) is 1.65. The van der Waals surface area contributed by atoms with Gasteiger partial charge in [0.2, 0.25) is 5.82 Å². The third-order valence-corrected chi connectivity index (χ3v) is 3.25. The molecular formula is C13H16FN3O2. The molecular weight excluding hydrogens is 249 g/mol. The maximum atomic E-state index is 13.7. The van der Waals surface area contributed by atoms with E-state index in [1.807, 2.05) is 13.8 Å². The minimum atomic E-state index is -0.654. The molecule has 0 amide bonds. The molecule has 0 saturated carbocycles. The van der Waals surface area contributed by atoms with Crippen molar-refractivity contribution in [3.05, 3.63) is 29.8 Å². The molecule has 0 aliphatic heterocycles. The molecule has 6 heteroatoms. The van der Waals surface area contributed by atoms with Crippen LogP contribution < -0.4 is 5.73 Å². The van der Waals surface area contributed by atoms with E-state index in [2.05, 4.69) is 10.1 Å². The van der Waals surface area contributed by atoms with Gasteiger partial charge >= 0.3 is 0 Å². The fourth-order valence-electron chi connectivity index (χ4n) is 1.65. The summed E-state index contributed by atoms with van der Waals surface area (Å²) in [4.78, 5) is 4.20. The number of nitrogen functional groups attached to an aromatic ring is 1. The van der Waals surface area contributed by atoms with Gasteiger partial charge in [0.05, 0.1) is 5.56 Å². The van der Waals surface area contributed by atoms with E-state index in [1.165, 1.54) is 18.2 Å². The molecule has 0 radical (unpaired) electrons. The van der Waals surface area contributed by atoms with Crippen LogP contribution in [-0.2, 0) is 10.3 Å². The lowest BCUT2D eigenvalue weighted by Gasteiger charge is -2.21. The summed E-state index contributed by atoms with van der Waals surface area (Å²) in [5.41, 5.74) is 5.59. The Kier molecular flexibility index (Phi) is 3.53. The van der Waals surface area contributed by atoms with Gasteiger partial charge in [0, 0.05) is 12.8 Å². The summed E-state index contributed by atoms with van der Waals surface area (Å²) in [6.45, 7) is 3.79. The molecule has 0 bridgehead atoms. The maximum absolute atomic E-state index is 13.7. The second kappa shape index (κ2) is 4.97. The van der Waals surface area contributed by atoms with E-state index in [-0.39, 0.29) is 11.5 Å². The first kappa shape index (κ1) is 13.5. The largest absolute Gasteiger partial charge is 0.399 e. The highest BCUT2D eigenvalue weighted by Gasteiger charge is 2.30. The zero-order chi connectivity index (χ0) is 14.0. The molecule has 2 N–H and O–H groups in total. The lowest BCUT2D eigenvalue weighted by atomic mass is 10.0. The molecule has 1 aromatic carbocycles. The van der Waals surface area contributed by atoms with Gasteiger partial charge in [-0.1, -0.05) is 12.1 Å². The van der Waals surface area contributed by atoms with E-state index in [0.717, 1.165) is 0 Å². The number of hydrogen-bond donors (Lipinski definition) is 1. The van der Waals surface area contributed by atoms with Gasteiger partial charge in [-0.2, -0.15) is 4.98 Å². The summed E-state index contributed by atoms with van der Waals surface area (Å²) in [7, 11) is 1.57. The van der Waals surface area contributed by atoms with E-state index in [0.29, 0.717) is 17.9 Å². The van der Waals surface area contributed by atoms with Crippen LogP contribution in [-0.4, -0.2) is 17.3 Å². The van der Waals surface area contributed by atoms with Crippen LogP contribution in [0, 0.1) is 5.82 Å². The third-order valence-electron chi connectivity index (χ3n) is 3.25. The highest BCUT2D eigenvalue weighted by atomic mass is 19.1. The number of anilines is 1. The molecule has 0 fully saturated rings. The Bertz CT molecular complexity index is 579. The van der Waals surface area contributed by atoms with Crippen LogP contribution in [0.3, 0.4) is 0 Å². The third kappa shape index (κ3) is 2.44. The quantitative estimate of drug-likeness (QED) is 0.860. The predicted molar refractivity (Wildman–Crippen MR) is 68.8 cm³/mol.